The number of amides is 1. The Morgan fingerprint density at radius 3 is 2.55 bits per heavy atom. The van der Waals surface area contributed by atoms with E-state index in [9.17, 15) is 14.7 Å². The molecule has 2 aliphatic rings. The van der Waals surface area contributed by atoms with Crippen LogP contribution in [0.25, 0.3) is 0 Å². The number of carboxylic acid groups (broad SMARTS) is 1. The molecule has 1 amide bonds. The Bertz CT molecular complexity index is 541. The van der Waals surface area contributed by atoms with E-state index in [0.29, 0.717) is 19.8 Å². The molecule has 2 fully saturated rings. The van der Waals surface area contributed by atoms with Crippen molar-refractivity contribution in [3.05, 3.63) is 35.9 Å². The first-order valence-corrected chi connectivity index (χ1v) is 7.42. The Kier molecular flexibility index (Phi) is 4.40. The van der Waals surface area contributed by atoms with Gasteiger partial charge in [0, 0.05) is 19.0 Å². The van der Waals surface area contributed by atoms with E-state index in [4.69, 9.17) is 9.47 Å². The lowest BCUT2D eigenvalue weighted by Gasteiger charge is -2.26. The van der Waals surface area contributed by atoms with Gasteiger partial charge in [-0.1, -0.05) is 30.3 Å². The third-order valence-electron chi connectivity index (χ3n) is 4.27. The van der Waals surface area contributed by atoms with Crippen LogP contribution in [-0.4, -0.2) is 60.9 Å². The highest BCUT2D eigenvalue weighted by atomic mass is 16.6. The van der Waals surface area contributed by atoms with Crippen LogP contribution in [0.3, 0.4) is 0 Å². The zero-order valence-electron chi connectivity index (χ0n) is 12.2. The molecule has 0 spiro atoms. The lowest BCUT2D eigenvalue weighted by molar-refractivity contribution is -0.157. The normalized spacial score (nSPS) is 28.5. The molecule has 118 valence electrons. The molecule has 3 atom stereocenters. The second-order valence-electron chi connectivity index (χ2n) is 5.64. The minimum Gasteiger partial charge on any atom is -0.481 e. The summed E-state index contributed by atoms with van der Waals surface area (Å²) in [5.41, 5.74) is 0.950. The molecule has 6 nitrogen and oxygen atoms in total. The van der Waals surface area contributed by atoms with Crippen molar-refractivity contribution in [2.45, 2.75) is 12.0 Å². The molecular formula is C16H19NO5. The predicted molar refractivity (Wildman–Crippen MR) is 77.4 cm³/mol. The highest BCUT2D eigenvalue weighted by Gasteiger charge is 2.42. The van der Waals surface area contributed by atoms with Crippen LogP contribution in [0.15, 0.2) is 30.3 Å². The lowest BCUT2D eigenvalue weighted by Crippen LogP contribution is -2.44. The number of aliphatic carboxylic acids is 1. The SMILES string of the molecule is O=C(O)[C@@H]1CN(C(=O)C2COCCO2)C[C@H]1c1ccccc1. The summed E-state index contributed by atoms with van der Waals surface area (Å²) >= 11 is 0. The summed E-state index contributed by atoms with van der Waals surface area (Å²) in [5.74, 6) is -1.82. The van der Waals surface area contributed by atoms with Gasteiger partial charge in [0.15, 0.2) is 6.10 Å². The Morgan fingerprint density at radius 2 is 1.91 bits per heavy atom. The van der Waals surface area contributed by atoms with Crippen molar-refractivity contribution < 1.29 is 24.2 Å². The van der Waals surface area contributed by atoms with Crippen LogP contribution in [0.1, 0.15) is 11.5 Å². The van der Waals surface area contributed by atoms with Crippen molar-refractivity contribution in [1.82, 2.24) is 4.90 Å². The maximum atomic E-state index is 12.5. The number of carbonyl (C=O) groups is 2. The second kappa shape index (κ2) is 6.46. The molecule has 2 aliphatic heterocycles. The number of hydrogen-bond donors (Lipinski definition) is 1. The molecule has 0 aliphatic carbocycles. The van der Waals surface area contributed by atoms with Crippen LogP contribution < -0.4 is 0 Å². The third-order valence-corrected chi connectivity index (χ3v) is 4.27. The van der Waals surface area contributed by atoms with Gasteiger partial charge < -0.3 is 19.5 Å². The van der Waals surface area contributed by atoms with E-state index in [2.05, 4.69) is 0 Å². The van der Waals surface area contributed by atoms with Crippen LogP contribution >= 0.6 is 0 Å². The fraction of sp³-hybridized carbons (Fsp3) is 0.500. The van der Waals surface area contributed by atoms with Crippen molar-refractivity contribution in [1.29, 1.82) is 0 Å². The topological polar surface area (TPSA) is 76.1 Å². The van der Waals surface area contributed by atoms with Crippen LogP contribution in [0.4, 0.5) is 0 Å². The zero-order chi connectivity index (χ0) is 15.5. The number of ether oxygens (including phenoxy) is 2. The van der Waals surface area contributed by atoms with Gasteiger partial charge in [-0.15, -0.1) is 0 Å². The van der Waals surface area contributed by atoms with Crippen molar-refractivity contribution >= 4 is 11.9 Å². The molecule has 1 N–H and O–H groups in total. The van der Waals surface area contributed by atoms with Gasteiger partial charge in [0.25, 0.3) is 5.91 Å². The van der Waals surface area contributed by atoms with E-state index in [1.165, 1.54) is 0 Å². The summed E-state index contributed by atoms with van der Waals surface area (Å²) in [6, 6.07) is 9.49. The molecule has 0 radical (unpaired) electrons. The van der Waals surface area contributed by atoms with Gasteiger partial charge in [0.05, 0.1) is 25.7 Å². The Morgan fingerprint density at radius 1 is 1.14 bits per heavy atom. The Balaban J connectivity index is 1.75. The zero-order valence-corrected chi connectivity index (χ0v) is 12.2. The standard InChI is InChI=1S/C16H19NO5/c18-15(14-10-21-6-7-22-14)17-8-12(13(9-17)16(19)20)11-4-2-1-3-5-11/h1-5,12-14H,6-10H2,(H,19,20)/t12-,13+,14?/m0/s1. The molecule has 2 saturated heterocycles. The van der Waals surface area contributed by atoms with Gasteiger partial charge in [-0.2, -0.15) is 0 Å². The van der Waals surface area contributed by atoms with Crippen LogP contribution in [0.2, 0.25) is 0 Å². The van der Waals surface area contributed by atoms with Crippen molar-refractivity contribution in [2.75, 3.05) is 32.9 Å². The quantitative estimate of drug-likeness (QED) is 0.891. The fourth-order valence-electron chi connectivity index (χ4n) is 3.11. The summed E-state index contributed by atoms with van der Waals surface area (Å²) in [5, 5.41) is 9.46. The Labute approximate surface area is 128 Å². The molecule has 22 heavy (non-hydrogen) atoms. The Hall–Kier alpha value is -1.92. The summed E-state index contributed by atoms with van der Waals surface area (Å²) < 4.78 is 10.7. The van der Waals surface area contributed by atoms with E-state index in [1.807, 2.05) is 30.3 Å². The average Bonchev–Trinajstić information content (AvgIpc) is 3.01. The molecular weight excluding hydrogens is 286 g/mol. The number of carbonyl (C=O) groups excluding carboxylic acids is 1. The average molecular weight is 305 g/mol. The minimum atomic E-state index is -0.870. The summed E-state index contributed by atoms with van der Waals surface area (Å²) in [7, 11) is 0. The molecule has 1 aromatic rings. The van der Waals surface area contributed by atoms with Gasteiger partial charge >= 0.3 is 5.97 Å². The molecule has 3 rings (SSSR count). The lowest BCUT2D eigenvalue weighted by atomic mass is 9.89. The number of likely N-dealkylation sites (tertiary alicyclic amines) is 1. The summed E-state index contributed by atoms with van der Waals surface area (Å²) in [6.07, 6.45) is -0.613. The number of carboxylic acids is 1. The first-order valence-electron chi connectivity index (χ1n) is 7.42. The van der Waals surface area contributed by atoms with Crippen molar-refractivity contribution in [3.8, 4) is 0 Å². The smallest absolute Gasteiger partial charge is 0.308 e. The maximum Gasteiger partial charge on any atom is 0.308 e. The minimum absolute atomic E-state index is 0.176. The molecule has 0 saturated carbocycles. The van der Waals surface area contributed by atoms with Gasteiger partial charge in [-0.3, -0.25) is 9.59 Å². The highest BCUT2D eigenvalue weighted by molar-refractivity contribution is 5.83. The van der Waals surface area contributed by atoms with Crippen LogP contribution in [0.5, 0.6) is 0 Å². The maximum absolute atomic E-state index is 12.5. The first-order chi connectivity index (χ1) is 10.7. The molecule has 2 heterocycles. The van der Waals surface area contributed by atoms with Gasteiger partial charge in [-0.05, 0) is 5.56 Å². The van der Waals surface area contributed by atoms with E-state index in [1.54, 1.807) is 4.90 Å². The van der Waals surface area contributed by atoms with Crippen LogP contribution in [0, 0.1) is 5.92 Å². The van der Waals surface area contributed by atoms with Gasteiger partial charge in [-0.25, -0.2) is 0 Å². The molecule has 1 aromatic carbocycles. The second-order valence-corrected chi connectivity index (χ2v) is 5.64. The molecule has 1 unspecified atom stereocenters. The fourth-order valence-corrected chi connectivity index (χ4v) is 3.11. The van der Waals surface area contributed by atoms with E-state index in [0.717, 1.165) is 5.56 Å². The van der Waals surface area contributed by atoms with E-state index in [-0.39, 0.29) is 25.0 Å². The van der Waals surface area contributed by atoms with E-state index >= 15 is 0 Å². The first kappa shape index (κ1) is 15.0. The predicted octanol–water partition coefficient (Wildman–Crippen LogP) is 0.729. The van der Waals surface area contributed by atoms with Gasteiger partial charge in [0.2, 0.25) is 0 Å². The number of hydrogen-bond acceptors (Lipinski definition) is 4. The largest absolute Gasteiger partial charge is 0.481 e. The molecule has 0 bridgehead atoms. The summed E-state index contributed by atoms with van der Waals surface area (Å²) in [6.45, 7) is 1.75. The highest BCUT2D eigenvalue weighted by Crippen LogP contribution is 2.33. The molecule has 6 heteroatoms. The summed E-state index contributed by atoms with van der Waals surface area (Å²) in [4.78, 5) is 25.6. The molecule has 0 aromatic heterocycles. The van der Waals surface area contributed by atoms with Crippen molar-refractivity contribution in [2.24, 2.45) is 5.92 Å². The third kappa shape index (κ3) is 2.98. The monoisotopic (exact) mass is 305 g/mol. The van der Waals surface area contributed by atoms with Crippen LogP contribution in [-0.2, 0) is 19.1 Å². The number of rotatable bonds is 3. The number of benzene rings is 1. The van der Waals surface area contributed by atoms with Crippen molar-refractivity contribution in [3.63, 3.8) is 0 Å². The van der Waals surface area contributed by atoms with Gasteiger partial charge in [0.1, 0.15) is 0 Å². The van der Waals surface area contributed by atoms with E-state index < -0.39 is 18.0 Å². The number of nitrogens with zero attached hydrogens (tertiary/aromatic N) is 1.